The van der Waals surface area contributed by atoms with Gasteiger partial charge in [-0.05, 0) is 37.4 Å². The third kappa shape index (κ3) is 3.15. The zero-order valence-electron chi connectivity index (χ0n) is 10.9. The van der Waals surface area contributed by atoms with E-state index in [0.717, 1.165) is 42.9 Å². The maximum atomic E-state index is 6.06. The van der Waals surface area contributed by atoms with Crippen molar-refractivity contribution in [2.24, 2.45) is 5.73 Å². The minimum absolute atomic E-state index is 0.117. The van der Waals surface area contributed by atoms with Gasteiger partial charge in [0.25, 0.3) is 0 Å². The predicted molar refractivity (Wildman–Crippen MR) is 70.2 cm³/mol. The second-order valence-electron chi connectivity index (χ2n) is 4.44. The zero-order chi connectivity index (χ0) is 12.8. The average molecular weight is 251 g/mol. The highest BCUT2D eigenvalue weighted by molar-refractivity contribution is 5.47. The van der Waals surface area contributed by atoms with Gasteiger partial charge in [0.15, 0.2) is 11.5 Å². The molecule has 1 fully saturated rings. The lowest BCUT2D eigenvalue weighted by atomic mass is 10.1. The molecule has 0 saturated carbocycles. The fourth-order valence-corrected chi connectivity index (χ4v) is 2.18. The minimum Gasteiger partial charge on any atom is -0.493 e. The van der Waals surface area contributed by atoms with Crippen LogP contribution >= 0.6 is 0 Å². The van der Waals surface area contributed by atoms with Crippen LogP contribution in [0.4, 0.5) is 0 Å². The van der Waals surface area contributed by atoms with Crippen molar-refractivity contribution < 1.29 is 14.2 Å². The zero-order valence-corrected chi connectivity index (χ0v) is 10.9. The van der Waals surface area contributed by atoms with E-state index in [2.05, 4.69) is 0 Å². The molecular formula is C14H21NO3. The van der Waals surface area contributed by atoms with Gasteiger partial charge in [-0.25, -0.2) is 0 Å². The molecule has 4 nitrogen and oxygen atoms in total. The van der Waals surface area contributed by atoms with E-state index in [-0.39, 0.29) is 6.10 Å². The molecule has 2 rings (SSSR count). The Hall–Kier alpha value is -1.26. The van der Waals surface area contributed by atoms with Crippen LogP contribution in [0, 0.1) is 0 Å². The number of hydrogen-bond acceptors (Lipinski definition) is 4. The number of rotatable bonds is 5. The van der Waals surface area contributed by atoms with Crippen molar-refractivity contribution in [3.8, 4) is 11.5 Å². The van der Waals surface area contributed by atoms with Gasteiger partial charge >= 0.3 is 0 Å². The lowest BCUT2D eigenvalue weighted by Gasteiger charge is -2.25. The molecular weight excluding hydrogens is 230 g/mol. The van der Waals surface area contributed by atoms with E-state index >= 15 is 0 Å². The van der Waals surface area contributed by atoms with E-state index in [9.17, 15) is 0 Å². The molecule has 1 aromatic rings. The van der Waals surface area contributed by atoms with Gasteiger partial charge in [0.2, 0.25) is 0 Å². The maximum absolute atomic E-state index is 6.06. The molecule has 0 radical (unpaired) electrons. The van der Waals surface area contributed by atoms with Crippen molar-refractivity contribution in [1.82, 2.24) is 0 Å². The highest BCUT2D eigenvalue weighted by atomic mass is 16.5. The number of ether oxygens (including phenoxy) is 3. The molecule has 1 aliphatic rings. The Bertz CT molecular complexity index is 375. The first-order chi connectivity index (χ1) is 8.85. The van der Waals surface area contributed by atoms with E-state index in [1.165, 1.54) is 0 Å². The highest BCUT2D eigenvalue weighted by Crippen LogP contribution is 2.33. The summed E-state index contributed by atoms with van der Waals surface area (Å²) in [5.74, 6) is 1.59. The van der Waals surface area contributed by atoms with E-state index < -0.39 is 0 Å². The van der Waals surface area contributed by atoms with Crippen molar-refractivity contribution >= 4 is 0 Å². The van der Waals surface area contributed by atoms with Gasteiger partial charge in [0, 0.05) is 6.61 Å². The van der Waals surface area contributed by atoms with Gasteiger partial charge in [-0.2, -0.15) is 0 Å². The first-order valence-corrected chi connectivity index (χ1v) is 6.45. The second-order valence-corrected chi connectivity index (χ2v) is 4.44. The second kappa shape index (κ2) is 6.61. The number of benzene rings is 1. The molecule has 1 atom stereocenters. The van der Waals surface area contributed by atoms with E-state index in [4.69, 9.17) is 19.9 Å². The third-order valence-electron chi connectivity index (χ3n) is 3.10. The molecule has 0 bridgehead atoms. The largest absolute Gasteiger partial charge is 0.493 e. The number of nitrogens with two attached hydrogens (primary N) is 1. The van der Waals surface area contributed by atoms with E-state index in [1.54, 1.807) is 7.11 Å². The molecule has 0 spiro atoms. The van der Waals surface area contributed by atoms with Crippen LogP contribution in [0.15, 0.2) is 18.2 Å². The summed E-state index contributed by atoms with van der Waals surface area (Å²) in [6, 6.07) is 5.92. The van der Waals surface area contributed by atoms with Crippen molar-refractivity contribution in [2.45, 2.75) is 25.4 Å². The Morgan fingerprint density at radius 2 is 2.33 bits per heavy atom. The van der Waals surface area contributed by atoms with Crippen LogP contribution in [0.2, 0.25) is 0 Å². The minimum atomic E-state index is 0.117. The third-order valence-corrected chi connectivity index (χ3v) is 3.10. The van der Waals surface area contributed by atoms with Crippen LogP contribution in [0.5, 0.6) is 11.5 Å². The summed E-state index contributed by atoms with van der Waals surface area (Å²) in [4.78, 5) is 0. The van der Waals surface area contributed by atoms with Crippen LogP contribution in [0.25, 0.3) is 0 Å². The summed E-state index contributed by atoms with van der Waals surface area (Å²) in [5.41, 5.74) is 6.73. The molecule has 2 N–H and O–H groups in total. The van der Waals surface area contributed by atoms with Gasteiger partial charge < -0.3 is 19.9 Å². The van der Waals surface area contributed by atoms with Crippen LogP contribution in [0.3, 0.4) is 0 Å². The molecule has 1 aromatic carbocycles. The first kappa shape index (κ1) is 13.2. The summed E-state index contributed by atoms with van der Waals surface area (Å²) < 4.78 is 16.9. The monoisotopic (exact) mass is 251 g/mol. The van der Waals surface area contributed by atoms with Gasteiger partial charge in [-0.3, -0.25) is 0 Å². The Kier molecular flexibility index (Phi) is 4.84. The molecule has 0 amide bonds. The van der Waals surface area contributed by atoms with Crippen molar-refractivity contribution in [2.75, 3.05) is 26.9 Å². The molecule has 18 heavy (non-hydrogen) atoms. The fourth-order valence-electron chi connectivity index (χ4n) is 2.18. The summed E-state index contributed by atoms with van der Waals surface area (Å²) in [7, 11) is 1.66. The van der Waals surface area contributed by atoms with Crippen LogP contribution in [-0.2, 0) is 11.2 Å². The van der Waals surface area contributed by atoms with Crippen LogP contribution in [-0.4, -0.2) is 33.0 Å². The van der Waals surface area contributed by atoms with Gasteiger partial charge in [-0.15, -0.1) is 0 Å². The topological polar surface area (TPSA) is 53.7 Å². The molecule has 0 aromatic heterocycles. The van der Waals surface area contributed by atoms with Crippen molar-refractivity contribution in [1.29, 1.82) is 0 Å². The predicted octanol–water partition coefficient (Wildman–Crippen LogP) is 1.75. The normalized spacial score (nSPS) is 19.6. The molecule has 1 saturated heterocycles. The van der Waals surface area contributed by atoms with Gasteiger partial charge in [0.05, 0.1) is 13.7 Å². The fraction of sp³-hybridized carbons (Fsp3) is 0.571. The van der Waals surface area contributed by atoms with E-state index in [1.807, 2.05) is 18.2 Å². The quantitative estimate of drug-likeness (QED) is 0.866. The molecule has 100 valence electrons. The smallest absolute Gasteiger partial charge is 0.164 e. The Morgan fingerprint density at radius 3 is 3.00 bits per heavy atom. The van der Waals surface area contributed by atoms with Crippen LogP contribution < -0.4 is 15.2 Å². The Labute approximate surface area is 108 Å². The molecule has 1 unspecified atom stereocenters. The standard InChI is InChI=1S/C14H21NO3/c1-16-13-6-2-4-11(7-8-15)14(13)18-12-5-3-9-17-10-12/h2,4,6,12H,3,5,7-10,15H2,1H3. The summed E-state index contributed by atoms with van der Waals surface area (Å²) in [5, 5.41) is 0. The Morgan fingerprint density at radius 1 is 1.44 bits per heavy atom. The molecule has 0 aliphatic carbocycles. The first-order valence-electron chi connectivity index (χ1n) is 6.45. The number of para-hydroxylation sites is 1. The summed E-state index contributed by atoms with van der Waals surface area (Å²) in [6.45, 7) is 2.09. The van der Waals surface area contributed by atoms with E-state index in [0.29, 0.717) is 13.2 Å². The highest BCUT2D eigenvalue weighted by Gasteiger charge is 2.19. The van der Waals surface area contributed by atoms with Crippen molar-refractivity contribution in [3.05, 3.63) is 23.8 Å². The van der Waals surface area contributed by atoms with Crippen molar-refractivity contribution in [3.63, 3.8) is 0 Å². The SMILES string of the molecule is COc1cccc(CCN)c1OC1CCCOC1. The molecule has 1 aliphatic heterocycles. The van der Waals surface area contributed by atoms with Gasteiger partial charge in [-0.1, -0.05) is 12.1 Å². The maximum Gasteiger partial charge on any atom is 0.164 e. The molecule has 4 heteroatoms. The summed E-state index contributed by atoms with van der Waals surface area (Å²) in [6.07, 6.45) is 2.98. The number of methoxy groups -OCH3 is 1. The number of hydrogen-bond donors (Lipinski definition) is 1. The lowest BCUT2D eigenvalue weighted by molar-refractivity contribution is 0.00605. The van der Waals surface area contributed by atoms with Gasteiger partial charge in [0.1, 0.15) is 6.10 Å². The van der Waals surface area contributed by atoms with Crippen LogP contribution in [0.1, 0.15) is 18.4 Å². The average Bonchev–Trinajstić information content (AvgIpc) is 2.42. The Balaban J connectivity index is 2.16. The lowest BCUT2D eigenvalue weighted by Crippen LogP contribution is -2.28. The summed E-state index contributed by atoms with van der Waals surface area (Å²) >= 11 is 0. The molecule has 1 heterocycles.